The zero-order chi connectivity index (χ0) is 17.2. The summed E-state index contributed by atoms with van der Waals surface area (Å²) in [5.74, 6) is 1.05. The van der Waals surface area contributed by atoms with E-state index in [0.717, 1.165) is 11.1 Å². The summed E-state index contributed by atoms with van der Waals surface area (Å²) in [6.07, 6.45) is 3.38. The number of anilines is 1. The minimum atomic E-state index is -3.62. The second kappa shape index (κ2) is 6.49. The lowest BCUT2D eigenvalue weighted by atomic mass is 10.0. The van der Waals surface area contributed by atoms with Crippen LogP contribution in [0, 0.1) is 0 Å². The summed E-state index contributed by atoms with van der Waals surface area (Å²) in [6, 6.07) is 14.1. The Labute approximate surface area is 141 Å². The summed E-state index contributed by atoms with van der Waals surface area (Å²) < 4.78 is 27.7. The van der Waals surface area contributed by atoms with Gasteiger partial charge in [0.15, 0.2) is 0 Å². The molecule has 2 N–H and O–H groups in total. The minimum absolute atomic E-state index is 0.246. The maximum atomic E-state index is 12.5. The molecule has 124 valence electrons. The molecule has 2 aromatic carbocycles. The lowest BCUT2D eigenvalue weighted by molar-refractivity contribution is 0.601. The van der Waals surface area contributed by atoms with Crippen LogP contribution < -0.4 is 4.72 Å². The van der Waals surface area contributed by atoms with Gasteiger partial charge in [0.1, 0.15) is 5.82 Å². The third kappa shape index (κ3) is 3.49. The second-order valence-corrected chi connectivity index (χ2v) is 7.53. The molecule has 0 saturated carbocycles. The predicted molar refractivity (Wildman–Crippen MR) is 95.4 cm³/mol. The number of nitrogens with one attached hydrogen (secondary N) is 2. The first-order valence-electron chi connectivity index (χ1n) is 7.68. The SMILES string of the molecule is CC(C)c1ccc(S(=O)(=O)Nc2cccc(-c3ncc[nH]3)c2)cc1. The number of benzene rings is 2. The second-order valence-electron chi connectivity index (χ2n) is 5.85. The van der Waals surface area contributed by atoms with Crippen molar-refractivity contribution in [3.63, 3.8) is 0 Å². The number of nitrogens with zero attached hydrogens (tertiary/aromatic N) is 1. The van der Waals surface area contributed by atoms with Crippen LogP contribution in [0.1, 0.15) is 25.3 Å². The van der Waals surface area contributed by atoms with Crippen molar-refractivity contribution in [1.29, 1.82) is 0 Å². The molecule has 0 saturated heterocycles. The highest BCUT2D eigenvalue weighted by Crippen LogP contribution is 2.23. The molecule has 1 aromatic heterocycles. The van der Waals surface area contributed by atoms with Gasteiger partial charge in [-0.25, -0.2) is 13.4 Å². The molecule has 0 spiro atoms. The zero-order valence-electron chi connectivity index (χ0n) is 13.5. The third-order valence-corrected chi connectivity index (χ3v) is 5.14. The van der Waals surface area contributed by atoms with E-state index in [1.54, 1.807) is 42.7 Å². The van der Waals surface area contributed by atoms with Crippen LogP contribution in [0.2, 0.25) is 0 Å². The average Bonchev–Trinajstić information content (AvgIpc) is 3.09. The van der Waals surface area contributed by atoms with E-state index in [1.807, 2.05) is 18.2 Å². The van der Waals surface area contributed by atoms with Gasteiger partial charge in [0.05, 0.1) is 4.90 Å². The van der Waals surface area contributed by atoms with Gasteiger partial charge in [-0.3, -0.25) is 4.72 Å². The Bertz CT molecular complexity index is 915. The summed E-state index contributed by atoms with van der Waals surface area (Å²) in [7, 11) is -3.62. The van der Waals surface area contributed by atoms with E-state index in [-0.39, 0.29) is 4.90 Å². The number of H-pyrrole nitrogens is 1. The van der Waals surface area contributed by atoms with Crippen molar-refractivity contribution in [2.24, 2.45) is 0 Å². The average molecular weight is 341 g/mol. The van der Waals surface area contributed by atoms with Gasteiger partial charge in [0, 0.05) is 23.6 Å². The molecule has 0 fully saturated rings. The van der Waals surface area contributed by atoms with Gasteiger partial charge in [0.25, 0.3) is 10.0 Å². The highest BCUT2D eigenvalue weighted by atomic mass is 32.2. The van der Waals surface area contributed by atoms with Crippen molar-refractivity contribution < 1.29 is 8.42 Å². The summed E-state index contributed by atoms with van der Waals surface area (Å²) >= 11 is 0. The van der Waals surface area contributed by atoms with E-state index in [4.69, 9.17) is 0 Å². The van der Waals surface area contributed by atoms with Crippen LogP contribution in [-0.2, 0) is 10.0 Å². The predicted octanol–water partition coefficient (Wildman–Crippen LogP) is 4.00. The highest BCUT2D eigenvalue weighted by molar-refractivity contribution is 7.92. The van der Waals surface area contributed by atoms with E-state index in [1.165, 1.54) is 0 Å². The fourth-order valence-corrected chi connectivity index (χ4v) is 3.45. The van der Waals surface area contributed by atoms with Crippen LogP contribution >= 0.6 is 0 Å². The fourth-order valence-electron chi connectivity index (χ4n) is 2.40. The summed E-state index contributed by atoms with van der Waals surface area (Å²) in [6.45, 7) is 4.14. The van der Waals surface area contributed by atoms with Gasteiger partial charge in [-0.15, -0.1) is 0 Å². The lowest BCUT2D eigenvalue weighted by Crippen LogP contribution is -2.13. The smallest absolute Gasteiger partial charge is 0.261 e. The number of aromatic nitrogens is 2. The zero-order valence-corrected chi connectivity index (χ0v) is 14.3. The molecule has 24 heavy (non-hydrogen) atoms. The van der Waals surface area contributed by atoms with E-state index in [9.17, 15) is 8.42 Å². The monoisotopic (exact) mass is 341 g/mol. The first-order chi connectivity index (χ1) is 11.5. The number of hydrogen-bond acceptors (Lipinski definition) is 3. The van der Waals surface area contributed by atoms with Crippen LogP contribution in [-0.4, -0.2) is 18.4 Å². The van der Waals surface area contributed by atoms with Crippen molar-refractivity contribution in [3.05, 3.63) is 66.5 Å². The van der Waals surface area contributed by atoms with Gasteiger partial charge in [0.2, 0.25) is 0 Å². The summed E-state index contributed by atoms with van der Waals surface area (Å²) in [5.41, 5.74) is 2.42. The molecule has 5 nitrogen and oxygen atoms in total. The normalized spacial score (nSPS) is 11.6. The van der Waals surface area contributed by atoms with Crippen LogP contribution in [0.4, 0.5) is 5.69 Å². The first-order valence-corrected chi connectivity index (χ1v) is 9.16. The standard InChI is InChI=1S/C18H19N3O2S/c1-13(2)14-6-8-17(9-7-14)24(22,23)21-16-5-3-4-15(12-16)18-19-10-11-20-18/h3-13,21H,1-2H3,(H,19,20). The van der Waals surface area contributed by atoms with Crippen LogP contribution in [0.15, 0.2) is 65.8 Å². The van der Waals surface area contributed by atoms with Crippen molar-refractivity contribution >= 4 is 15.7 Å². The fraction of sp³-hybridized carbons (Fsp3) is 0.167. The maximum Gasteiger partial charge on any atom is 0.261 e. The molecular weight excluding hydrogens is 322 g/mol. The maximum absolute atomic E-state index is 12.5. The Morgan fingerprint density at radius 1 is 1.08 bits per heavy atom. The Morgan fingerprint density at radius 2 is 1.83 bits per heavy atom. The number of hydrogen-bond donors (Lipinski definition) is 2. The summed E-state index contributed by atoms with van der Waals surface area (Å²) in [5, 5.41) is 0. The van der Waals surface area contributed by atoms with Gasteiger partial charge in [-0.1, -0.05) is 38.1 Å². The van der Waals surface area contributed by atoms with Gasteiger partial charge >= 0.3 is 0 Å². The molecule has 0 bridgehead atoms. The Balaban J connectivity index is 1.85. The van der Waals surface area contributed by atoms with Gasteiger partial charge in [-0.05, 0) is 35.7 Å². The van der Waals surface area contributed by atoms with E-state index in [2.05, 4.69) is 28.5 Å². The largest absolute Gasteiger partial charge is 0.345 e. The van der Waals surface area contributed by atoms with E-state index >= 15 is 0 Å². The summed E-state index contributed by atoms with van der Waals surface area (Å²) in [4.78, 5) is 7.42. The Hall–Kier alpha value is -2.60. The van der Waals surface area contributed by atoms with E-state index in [0.29, 0.717) is 17.4 Å². The topological polar surface area (TPSA) is 74.8 Å². The molecule has 0 aliphatic rings. The third-order valence-electron chi connectivity index (χ3n) is 3.74. The number of rotatable bonds is 5. The molecule has 3 rings (SSSR count). The number of sulfonamides is 1. The van der Waals surface area contributed by atoms with Crippen molar-refractivity contribution in [3.8, 4) is 11.4 Å². The quantitative estimate of drug-likeness (QED) is 0.736. The van der Waals surface area contributed by atoms with Crippen molar-refractivity contribution in [1.82, 2.24) is 9.97 Å². The molecule has 0 aliphatic heterocycles. The van der Waals surface area contributed by atoms with E-state index < -0.39 is 10.0 Å². The van der Waals surface area contributed by atoms with Crippen molar-refractivity contribution in [2.45, 2.75) is 24.7 Å². The number of imidazole rings is 1. The Kier molecular flexibility index (Phi) is 4.40. The molecular formula is C18H19N3O2S. The molecule has 0 amide bonds. The number of aromatic amines is 1. The molecule has 0 radical (unpaired) electrons. The van der Waals surface area contributed by atoms with Crippen LogP contribution in [0.5, 0.6) is 0 Å². The van der Waals surface area contributed by atoms with Crippen LogP contribution in [0.25, 0.3) is 11.4 Å². The van der Waals surface area contributed by atoms with Gasteiger partial charge < -0.3 is 4.98 Å². The Morgan fingerprint density at radius 3 is 2.46 bits per heavy atom. The lowest BCUT2D eigenvalue weighted by Gasteiger charge is -2.10. The minimum Gasteiger partial charge on any atom is -0.345 e. The highest BCUT2D eigenvalue weighted by Gasteiger charge is 2.15. The first kappa shape index (κ1) is 16.3. The van der Waals surface area contributed by atoms with Gasteiger partial charge in [-0.2, -0.15) is 0 Å². The molecule has 0 unspecified atom stereocenters. The molecule has 1 heterocycles. The van der Waals surface area contributed by atoms with Crippen molar-refractivity contribution in [2.75, 3.05) is 4.72 Å². The molecule has 0 aliphatic carbocycles. The van der Waals surface area contributed by atoms with Crippen LogP contribution in [0.3, 0.4) is 0 Å². The molecule has 0 atom stereocenters. The molecule has 6 heteroatoms. The molecule has 3 aromatic rings.